The van der Waals surface area contributed by atoms with Crippen LogP contribution in [0, 0.1) is 4.91 Å². The van der Waals surface area contributed by atoms with Crippen LogP contribution >= 0.6 is 11.9 Å². The molecule has 108 valence electrons. The van der Waals surface area contributed by atoms with Gasteiger partial charge in [0.1, 0.15) is 12.6 Å². The SMILES string of the molecule is [2H]CC(=O)N[C@H](C(=O)NCC(=O)OC)C(C)(C)SN=O. The maximum absolute atomic E-state index is 12.0. The summed E-state index contributed by atoms with van der Waals surface area (Å²) in [6, 6.07) is -1.12. The predicted octanol–water partition coefficient (Wildman–Crippen LogP) is -0.0265. The number of carbonyl (C=O) groups is 3. The van der Waals surface area contributed by atoms with E-state index in [1.807, 2.05) is 0 Å². The van der Waals surface area contributed by atoms with Crippen molar-refractivity contribution in [1.29, 1.82) is 0 Å². The summed E-state index contributed by atoms with van der Waals surface area (Å²) in [4.78, 5) is 44.6. The lowest BCUT2D eigenvalue weighted by atomic mass is 10.0. The Morgan fingerprint density at radius 3 is 2.58 bits per heavy atom. The first kappa shape index (κ1) is 15.4. The molecule has 0 aromatic carbocycles. The normalized spacial score (nSPS) is 12.9. The van der Waals surface area contributed by atoms with Gasteiger partial charge in [-0.05, 0) is 13.8 Å². The van der Waals surface area contributed by atoms with Gasteiger partial charge in [-0.3, -0.25) is 14.4 Å². The van der Waals surface area contributed by atoms with Crippen LogP contribution < -0.4 is 10.6 Å². The number of nitrogens with one attached hydrogen (secondary N) is 2. The van der Waals surface area contributed by atoms with Crippen molar-refractivity contribution in [3.05, 3.63) is 4.91 Å². The molecule has 1 atom stereocenters. The molecule has 0 heterocycles. The third-order valence-corrected chi connectivity index (χ3v) is 2.95. The first-order valence-corrected chi connectivity index (χ1v) is 5.99. The number of carbonyl (C=O) groups excluding carboxylic acids is 3. The van der Waals surface area contributed by atoms with Crippen molar-refractivity contribution in [3.8, 4) is 0 Å². The Hall–Kier alpha value is -1.64. The van der Waals surface area contributed by atoms with E-state index in [4.69, 9.17) is 1.37 Å². The van der Waals surface area contributed by atoms with E-state index >= 15 is 0 Å². The molecule has 0 saturated carbocycles. The molecule has 9 heteroatoms. The summed E-state index contributed by atoms with van der Waals surface area (Å²) in [5, 5.41) is 4.60. The molecule has 0 aliphatic carbocycles. The number of nitroso groups, excluding NO2 is 1. The van der Waals surface area contributed by atoms with Crippen molar-refractivity contribution in [2.24, 2.45) is 4.58 Å². The summed E-state index contributed by atoms with van der Waals surface area (Å²) in [6.07, 6.45) is 0. The van der Waals surface area contributed by atoms with Gasteiger partial charge in [0.25, 0.3) is 0 Å². The zero-order valence-electron chi connectivity index (χ0n) is 11.9. The fraction of sp³-hybridized carbons (Fsp3) is 0.700. The number of ether oxygens (including phenoxy) is 1. The minimum atomic E-state index is -1.12. The van der Waals surface area contributed by atoms with E-state index in [0.717, 1.165) is 0 Å². The molecular weight excluding hydrogens is 274 g/mol. The molecule has 0 aromatic rings. The summed E-state index contributed by atoms with van der Waals surface area (Å²) < 4.78 is 12.9. The quantitative estimate of drug-likeness (QED) is 0.387. The average molecular weight is 292 g/mol. The van der Waals surface area contributed by atoms with Crippen LogP contribution in [0.3, 0.4) is 0 Å². The van der Waals surface area contributed by atoms with E-state index in [9.17, 15) is 19.3 Å². The van der Waals surface area contributed by atoms with Gasteiger partial charge >= 0.3 is 5.97 Å². The molecular formula is C10H17N3O5S. The van der Waals surface area contributed by atoms with Crippen molar-refractivity contribution in [1.82, 2.24) is 10.6 Å². The monoisotopic (exact) mass is 292 g/mol. The minimum absolute atomic E-state index is 0.363. The number of amides is 2. The highest BCUT2D eigenvalue weighted by atomic mass is 32.2. The number of methoxy groups -OCH3 is 1. The van der Waals surface area contributed by atoms with E-state index < -0.39 is 35.5 Å². The Bertz CT molecular complexity index is 391. The number of nitrogens with zero attached hydrogens (tertiary/aromatic N) is 1. The molecule has 2 amide bonds. The number of hydrogen-bond donors (Lipinski definition) is 2. The number of hydrogen-bond acceptors (Lipinski definition) is 7. The van der Waals surface area contributed by atoms with Crippen molar-refractivity contribution in [2.75, 3.05) is 13.7 Å². The van der Waals surface area contributed by atoms with Crippen LogP contribution in [0.5, 0.6) is 0 Å². The van der Waals surface area contributed by atoms with Crippen LogP contribution in [0.4, 0.5) is 0 Å². The Labute approximate surface area is 116 Å². The molecule has 19 heavy (non-hydrogen) atoms. The van der Waals surface area contributed by atoms with Gasteiger partial charge in [0.2, 0.25) is 11.8 Å². The lowest BCUT2D eigenvalue weighted by Crippen LogP contribution is -2.56. The van der Waals surface area contributed by atoms with Gasteiger partial charge in [-0.2, -0.15) is 0 Å². The van der Waals surface area contributed by atoms with E-state index in [1.165, 1.54) is 21.0 Å². The van der Waals surface area contributed by atoms with Crippen LogP contribution in [-0.4, -0.2) is 42.2 Å². The molecule has 0 unspecified atom stereocenters. The van der Waals surface area contributed by atoms with Crippen molar-refractivity contribution in [2.45, 2.75) is 31.5 Å². The van der Waals surface area contributed by atoms with Crippen LogP contribution in [0.2, 0.25) is 0 Å². The Balaban J connectivity index is 4.91. The molecule has 0 aliphatic heterocycles. The highest BCUT2D eigenvalue weighted by Crippen LogP contribution is 2.29. The minimum Gasteiger partial charge on any atom is -0.468 e. The summed E-state index contributed by atoms with van der Waals surface area (Å²) >= 11 is 0.579. The van der Waals surface area contributed by atoms with E-state index in [2.05, 4.69) is 20.0 Å². The zero-order chi connectivity index (χ0) is 15.8. The van der Waals surface area contributed by atoms with Gasteiger partial charge in [-0.15, -0.1) is 4.91 Å². The third-order valence-electron chi connectivity index (χ3n) is 2.17. The smallest absolute Gasteiger partial charge is 0.325 e. The largest absolute Gasteiger partial charge is 0.468 e. The van der Waals surface area contributed by atoms with Gasteiger partial charge in [-0.1, -0.05) is 0 Å². The van der Waals surface area contributed by atoms with Gasteiger partial charge < -0.3 is 15.4 Å². The van der Waals surface area contributed by atoms with Crippen LogP contribution in [0.25, 0.3) is 0 Å². The molecule has 0 saturated heterocycles. The molecule has 2 N–H and O–H groups in total. The van der Waals surface area contributed by atoms with Gasteiger partial charge in [0.15, 0.2) is 0 Å². The highest BCUT2D eigenvalue weighted by Gasteiger charge is 2.37. The first-order valence-electron chi connectivity index (χ1n) is 5.93. The fourth-order valence-corrected chi connectivity index (χ4v) is 1.66. The van der Waals surface area contributed by atoms with E-state index in [0.29, 0.717) is 11.9 Å². The molecule has 0 bridgehead atoms. The van der Waals surface area contributed by atoms with Gasteiger partial charge in [0, 0.05) is 24.8 Å². The van der Waals surface area contributed by atoms with Gasteiger partial charge in [-0.25, -0.2) is 0 Å². The molecule has 0 fully saturated rings. The Morgan fingerprint density at radius 2 is 2.11 bits per heavy atom. The standard InChI is InChI=1S/C10H17N3O5S/c1-6(14)12-8(10(2,3)19-13-17)9(16)11-5-7(15)18-4/h8H,5H2,1-4H3,(H,11,16)(H,12,14)/t8-/m1/s1/i1D. The van der Waals surface area contributed by atoms with Crippen LogP contribution in [-0.2, 0) is 19.1 Å². The molecule has 0 rings (SSSR count). The summed E-state index contributed by atoms with van der Waals surface area (Å²) in [7, 11) is 1.17. The van der Waals surface area contributed by atoms with Crippen molar-refractivity contribution >= 4 is 29.7 Å². The maximum atomic E-state index is 12.0. The highest BCUT2D eigenvalue weighted by molar-refractivity contribution is 7.99. The predicted molar refractivity (Wildman–Crippen MR) is 70.1 cm³/mol. The van der Waals surface area contributed by atoms with E-state index in [1.54, 1.807) is 0 Å². The lowest BCUT2D eigenvalue weighted by molar-refractivity contribution is -0.141. The van der Waals surface area contributed by atoms with Crippen LogP contribution in [0.15, 0.2) is 4.58 Å². The van der Waals surface area contributed by atoms with Crippen molar-refractivity contribution in [3.63, 3.8) is 0 Å². The van der Waals surface area contributed by atoms with Crippen LogP contribution in [0.1, 0.15) is 22.1 Å². The second-order valence-corrected chi connectivity index (χ2v) is 5.45. The second-order valence-electron chi connectivity index (χ2n) is 4.06. The first-order chi connectivity index (χ1) is 9.28. The zero-order valence-corrected chi connectivity index (χ0v) is 11.7. The molecule has 0 spiro atoms. The molecule has 0 aliphatic rings. The topological polar surface area (TPSA) is 114 Å². The fourth-order valence-electron chi connectivity index (χ4n) is 1.20. The Morgan fingerprint density at radius 1 is 1.47 bits per heavy atom. The number of rotatable bonds is 7. The van der Waals surface area contributed by atoms with Crippen molar-refractivity contribution < 1.29 is 20.5 Å². The van der Waals surface area contributed by atoms with Gasteiger partial charge in [0.05, 0.1) is 11.9 Å². The van der Waals surface area contributed by atoms with E-state index in [-0.39, 0.29) is 6.54 Å². The molecule has 0 radical (unpaired) electrons. The molecule has 0 aromatic heterocycles. The summed E-state index contributed by atoms with van der Waals surface area (Å²) in [5.74, 6) is -2.00. The third kappa shape index (κ3) is 6.18. The average Bonchev–Trinajstić information content (AvgIpc) is 2.40. The lowest BCUT2D eigenvalue weighted by Gasteiger charge is -2.29. The summed E-state index contributed by atoms with van der Waals surface area (Å²) in [6.45, 7) is 2.14. The number of esters is 1. The maximum Gasteiger partial charge on any atom is 0.325 e. The Kier molecular flexibility index (Phi) is 6.26. The molecule has 8 nitrogen and oxygen atoms in total. The summed E-state index contributed by atoms with van der Waals surface area (Å²) in [5.41, 5.74) is 0. The second kappa shape index (κ2) is 7.72.